The third-order valence-corrected chi connectivity index (χ3v) is 4.07. The molecule has 4 heteroatoms. The van der Waals surface area contributed by atoms with Gasteiger partial charge in [0, 0.05) is 23.2 Å². The molecule has 1 rings (SSSR count). The van der Waals surface area contributed by atoms with Crippen LogP contribution in [0, 0.1) is 5.82 Å². The van der Waals surface area contributed by atoms with Gasteiger partial charge in [0.15, 0.2) is 0 Å². The Kier molecular flexibility index (Phi) is 6.68. The average molecular weight is 270 g/mol. The van der Waals surface area contributed by atoms with E-state index in [0.29, 0.717) is 4.90 Å². The lowest BCUT2D eigenvalue weighted by Gasteiger charge is -2.17. The normalized spacial score (nSPS) is 13.0. The minimum atomic E-state index is -0.158. The van der Waals surface area contributed by atoms with Crippen molar-refractivity contribution in [2.45, 2.75) is 31.7 Å². The van der Waals surface area contributed by atoms with Crippen molar-refractivity contribution in [3.63, 3.8) is 0 Å². The van der Waals surface area contributed by atoms with Crippen molar-refractivity contribution in [2.24, 2.45) is 5.73 Å². The highest BCUT2D eigenvalue weighted by atomic mass is 32.2. The van der Waals surface area contributed by atoms with Crippen LogP contribution in [0.3, 0.4) is 0 Å². The third kappa shape index (κ3) is 4.59. The second kappa shape index (κ2) is 7.77. The molecule has 0 aliphatic carbocycles. The lowest BCUT2D eigenvalue weighted by Crippen LogP contribution is -2.25. The summed E-state index contributed by atoms with van der Waals surface area (Å²) in [6, 6.07) is 5.17. The predicted molar refractivity (Wildman–Crippen MR) is 77.5 cm³/mol. The number of nitrogens with zero attached hydrogens (tertiary/aromatic N) is 1. The Balaban J connectivity index is 2.53. The molecule has 0 aliphatic rings. The zero-order valence-electron chi connectivity index (χ0n) is 11.4. The van der Waals surface area contributed by atoms with E-state index in [1.807, 2.05) is 19.1 Å². The molecule has 0 aromatic heterocycles. The number of thioether (sulfide) groups is 1. The molecule has 0 amide bonds. The van der Waals surface area contributed by atoms with Crippen molar-refractivity contribution in [3.8, 4) is 0 Å². The van der Waals surface area contributed by atoms with Crippen molar-refractivity contribution < 1.29 is 4.39 Å². The topological polar surface area (TPSA) is 29.3 Å². The van der Waals surface area contributed by atoms with Crippen molar-refractivity contribution in [2.75, 3.05) is 25.4 Å². The van der Waals surface area contributed by atoms with Gasteiger partial charge in [-0.3, -0.25) is 0 Å². The van der Waals surface area contributed by atoms with Gasteiger partial charge in [0.1, 0.15) is 5.82 Å². The van der Waals surface area contributed by atoms with Gasteiger partial charge < -0.3 is 10.6 Å². The molecule has 0 aliphatic heterocycles. The standard InChI is InChI=1S/C14H23FN2S/c1-4-17(5-2)8-9-18-14-7-6-12(11(3)16)10-13(14)15/h6-7,10-11H,4-5,8-9,16H2,1-3H3. The minimum absolute atomic E-state index is 0.116. The van der Waals surface area contributed by atoms with Gasteiger partial charge in [-0.2, -0.15) is 0 Å². The number of rotatable bonds is 7. The fraction of sp³-hybridized carbons (Fsp3) is 0.571. The highest BCUT2D eigenvalue weighted by Gasteiger charge is 2.07. The van der Waals surface area contributed by atoms with Crippen LogP contribution in [0.5, 0.6) is 0 Å². The Bertz CT molecular complexity index is 365. The molecule has 18 heavy (non-hydrogen) atoms. The lowest BCUT2D eigenvalue weighted by molar-refractivity contribution is 0.324. The summed E-state index contributed by atoms with van der Waals surface area (Å²) in [7, 11) is 0. The van der Waals surface area contributed by atoms with Crippen LogP contribution < -0.4 is 5.73 Å². The van der Waals surface area contributed by atoms with E-state index in [9.17, 15) is 4.39 Å². The van der Waals surface area contributed by atoms with Crippen LogP contribution in [0.25, 0.3) is 0 Å². The molecule has 0 radical (unpaired) electrons. The molecule has 0 spiro atoms. The zero-order valence-corrected chi connectivity index (χ0v) is 12.3. The Morgan fingerprint density at radius 1 is 1.33 bits per heavy atom. The van der Waals surface area contributed by atoms with Crippen molar-refractivity contribution in [3.05, 3.63) is 29.6 Å². The summed E-state index contributed by atoms with van der Waals surface area (Å²) < 4.78 is 13.8. The SMILES string of the molecule is CCN(CC)CCSc1ccc(C(C)N)cc1F. The Hall–Kier alpha value is -0.580. The van der Waals surface area contributed by atoms with Crippen molar-refractivity contribution >= 4 is 11.8 Å². The highest BCUT2D eigenvalue weighted by molar-refractivity contribution is 7.99. The quantitative estimate of drug-likeness (QED) is 0.771. The maximum atomic E-state index is 13.8. The number of halogens is 1. The van der Waals surface area contributed by atoms with Crippen LogP contribution in [0.2, 0.25) is 0 Å². The van der Waals surface area contributed by atoms with Crippen LogP contribution >= 0.6 is 11.8 Å². The van der Waals surface area contributed by atoms with Gasteiger partial charge in [-0.1, -0.05) is 19.9 Å². The third-order valence-electron chi connectivity index (χ3n) is 3.04. The molecule has 2 N–H and O–H groups in total. The van der Waals surface area contributed by atoms with E-state index < -0.39 is 0 Å². The van der Waals surface area contributed by atoms with Crippen LogP contribution in [0.1, 0.15) is 32.4 Å². The molecule has 0 saturated heterocycles. The van der Waals surface area contributed by atoms with Gasteiger partial charge in [-0.05, 0) is 37.7 Å². The first-order valence-electron chi connectivity index (χ1n) is 6.48. The maximum absolute atomic E-state index is 13.8. The molecule has 0 bridgehead atoms. The molecule has 102 valence electrons. The Labute approximate surface area is 114 Å². The summed E-state index contributed by atoms with van der Waals surface area (Å²) in [5, 5.41) is 0. The Morgan fingerprint density at radius 2 is 2.00 bits per heavy atom. The molecular formula is C14H23FN2S. The molecule has 2 nitrogen and oxygen atoms in total. The highest BCUT2D eigenvalue weighted by Crippen LogP contribution is 2.24. The fourth-order valence-corrected chi connectivity index (χ4v) is 2.67. The molecule has 0 heterocycles. The van der Waals surface area contributed by atoms with Gasteiger partial charge in [-0.25, -0.2) is 4.39 Å². The van der Waals surface area contributed by atoms with Crippen LogP contribution in [0.15, 0.2) is 23.1 Å². The largest absolute Gasteiger partial charge is 0.324 e. The second-order valence-electron chi connectivity index (χ2n) is 4.35. The molecule has 0 saturated carbocycles. The number of nitrogens with two attached hydrogens (primary N) is 1. The number of hydrogen-bond donors (Lipinski definition) is 1. The zero-order chi connectivity index (χ0) is 13.5. The van der Waals surface area contributed by atoms with E-state index in [0.717, 1.165) is 31.0 Å². The Morgan fingerprint density at radius 3 is 2.50 bits per heavy atom. The summed E-state index contributed by atoms with van der Waals surface area (Å²) in [6.45, 7) is 9.23. The summed E-state index contributed by atoms with van der Waals surface area (Å²) >= 11 is 1.57. The summed E-state index contributed by atoms with van der Waals surface area (Å²) in [5.41, 5.74) is 6.58. The fourth-order valence-electron chi connectivity index (χ4n) is 1.74. The molecule has 1 atom stereocenters. The van der Waals surface area contributed by atoms with Gasteiger partial charge in [0.25, 0.3) is 0 Å². The van der Waals surface area contributed by atoms with Gasteiger partial charge in [0.2, 0.25) is 0 Å². The van der Waals surface area contributed by atoms with Crippen LogP contribution in [-0.2, 0) is 0 Å². The first-order valence-corrected chi connectivity index (χ1v) is 7.47. The van der Waals surface area contributed by atoms with Gasteiger partial charge in [0.05, 0.1) is 0 Å². The van der Waals surface area contributed by atoms with E-state index in [-0.39, 0.29) is 11.9 Å². The smallest absolute Gasteiger partial charge is 0.137 e. The maximum Gasteiger partial charge on any atom is 0.137 e. The number of hydrogen-bond acceptors (Lipinski definition) is 3. The molecule has 1 unspecified atom stereocenters. The van der Waals surface area contributed by atoms with Crippen LogP contribution in [-0.4, -0.2) is 30.3 Å². The number of benzene rings is 1. The summed E-state index contributed by atoms with van der Waals surface area (Å²) in [5.74, 6) is 0.755. The minimum Gasteiger partial charge on any atom is -0.324 e. The first-order chi connectivity index (χ1) is 8.58. The second-order valence-corrected chi connectivity index (χ2v) is 5.49. The van der Waals surface area contributed by atoms with E-state index >= 15 is 0 Å². The lowest BCUT2D eigenvalue weighted by atomic mass is 10.1. The molecular weight excluding hydrogens is 247 g/mol. The monoisotopic (exact) mass is 270 g/mol. The van der Waals surface area contributed by atoms with Crippen LogP contribution in [0.4, 0.5) is 4.39 Å². The summed E-state index contributed by atoms with van der Waals surface area (Å²) in [4.78, 5) is 3.05. The molecule has 1 aromatic rings. The molecule has 1 aromatic carbocycles. The first kappa shape index (κ1) is 15.5. The van der Waals surface area contributed by atoms with Gasteiger partial charge in [-0.15, -0.1) is 11.8 Å². The van der Waals surface area contributed by atoms with Gasteiger partial charge >= 0.3 is 0 Å². The summed E-state index contributed by atoms with van der Waals surface area (Å²) in [6.07, 6.45) is 0. The van der Waals surface area contributed by atoms with E-state index in [4.69, 9.17) is 5.73 Å². The predicted octanol–water partition coefficient (Wildman–Crippen LogP) is 3.28. The van der Waals surface area contributed by atoms with E-state index in [1.54, 1.807) is 17.8 Å². The average Bonchev–Trinajstić information content (AvgIpc) is 2.36. The van der Waals surface area contributed by atoms with Crippen molar-refractivity contribution in [1.29, 1.82) is 0 Å². The van der Waals surface area contributed by atoms with Crippen molar-refractivity contribution in [1.82, 2.24) is 4.90 Å². The molecule has 0 fully saturated rings. The van der Waals surface area contributed by atoms with E-state index in [2.05, 4.69) is 18.7 Å². The van der Waals surface area contributed by atoms with E-state index in [1.165, 1.54) is 0 Å².